The molecule has 0 aliphatic carbocycles. The van der Waals surface area contributed by atoms with Gasteiger partial charge in [-0.25, -0.2) is 9.97 Å². The zero-order valence-corrected chi connectivity index (χ0v) is 17.8. The Morgan fingerprint density at radius 2 is 2.19 bits per heavy atom. The second-order valence-electron chi connectivity index (χ2n) is 7.76. The van der Waals surface area contributed by atoms with Crippen molar-refractivity contribution in [2.75, 3.05) is 35.2 Å². The smallest absolute Gasteiger partial charge is 0.258 e. The molecule has 1 aromatic heterocycles. The third-order valence-electron chi connectivity index (χ3n) is 5.70. The minimum absolute atomic E-state index is 0.112. The molecular formula is C22H23N7O3. The number of hydrogen-bond acceptors (Lipinski definition) is 9. The molecule has 32 heavy (non-hydrogen) atoms. The van der Waals surface area contributed by atoms with Crippen LogP contribution in [0, 0.1) is 18.3 Å². The summed E-state index contributed by atoms with van der Waals surface area (Å²) in [5.74, 6) is 0.395. The third-order valence-corrected chi connectivity index (χ3v) is 5.70. The molecule has 3 aliphatic heterocycles. The number of allylic oxidation sites excluding steroid dienone is 1. The van der Waals surface area contributed by atoms with Crippen molar-refractivity contribution < 1.29 is 14.3 Å². The van der Waals surface area contributed by atoms with E-state index in [2.05, 4.69) is 32.0 Å². The van der Waals surface area contributed by atoms with Gasteiger partial charge < -0.3 is 25.0 Å². The molecule has 4 heterocycles. The number of carbonyl (C=O) groups is 1. The summed E-state index contributed by atoms with van der Waals surface area (Å²) in [6, 6.07) is 10.2. The molecule has 5 rings (SSSR count). The number of fused-ring (bicyclic) bond motifs is 3. The molecule has 10 nitrogen and oxygen atoms in total. The minimum atomic E-state index is -0.737. The summed E-state index contributed by atoms with van der Waals surface area (Å²) in [6.07, 6.45) is 0.0812. The van der Waals surface area contributed by atoms with Gasteiger partial charge in [-0.3, -0.25) is 10.1 Å². The second-order valence-corrected chi connectivity index (χ2v) is 7.76. The highest BCUT2D eigenvalue weighted by atomic mass is 16.7. The van der Waals surface area contributed by atoms with E-state index in [1.54, 1.807) is 6.20 Å². The lowest BCUT2D eigenvalue weighted by atomic mass is 10.1. The van der Waals surface area contributed by atoms with Crippen molar-refractivity contribution in [2.45, 2.75) is 32.3 Å². The number of hydrogen-bond donors (Lipinski definition) is 3. The van der Waals surface area contributed by atoms with Crippen molar-refractivity contribution in [3.05, 3.63) is 47.5 Å². The maximum absolute atomic E-state index is 12.8. The highest BCUT2D eigenvalue weighted by molar-refractivity contribution is 5.94. The highest BCUT2D eigenvalue weighted by Crippen LogP contribution is 2.38. The number of morpholine rings is 1. The molecule has 0 spiro atoms. The Morgan fingerprint density at radius 3 is 2.97 bits per heavy atom. The molecule has 2 aromatic rings. The van der Waals surface area contributed by atoms with Crippen LogP contribution in [-0.4, -0.2) is 54.0 Å². The molecule has 2 fully saturated rings. The molecule has 2 bridgehead atoms. The Labute approximate surface area is 185 Å². The Hall–Kier alpha value is -3.52. The van der Waals surface area contributed by atoms with Crippen molar-refractivity contribution in [3.8, 4) is 6.07 Å². The fourth-order valence-corrected chi connectivity index (χ4v) is 4.19. The lowest BCUT2D eigenvalue weighted by Gasteiger charge is -2.20. The maximum Gasteiger partial charge on any atom is 0.258 e. The molecule has 2 saturated heterocycles. The van der Waals surface area contributed by atoms with Gasteiger partial charge in [0.15, 0.2) is 12.4 Å². The van der Waals surface area contributed by atoms with Crippen LogP contribution in [0.4, 0.5) is 17.3 Å². The molecular weight excluding hydrogens is 410 g/mol. The number of nitrogens with one attached hydrogen (secondary N) is 3. The van der Waals surface area contributed by atoms with E-state index >= 15 is 0 Å². The van der Waals surface area contributed by atoms with Crippen molar-refractivity contribution in [3.63, 3.8) is 0 Å². The number of ether oxygens (including phenoxy) is 2. The lowest BCUT2D eigenvalue weighted by molar-refractivity contribution is -0.127. The van der Waals surface area contributed by atoms with Crippen molar-refractivity contribution >= 4 is 28.8 Å². The molecule has 0 saturated carbocycles. The Bertz CT molecular complexity index is 1140. The van der Waals surface area contributed by atoms with Crippen LogP contribution in [0.3, 0.4) is 0 Å². The van der Waals surface area contributed by atoms with Crippen LogP contribution in [0.25, 0.3) is 5.57 Å². The van der Waals surface area contributed by atoms with Crippen molar-refractivity contribution in [1.29, 1.82) is 5.26 Å². The summed E-state index contributed by atoms with van der Waals surface area (Å²) in [7, 11) is 0. The molecule has 1 amide bonds. The van der Waals surface area contributed by atoms with Gasteiger partial charge in [-0.2, -0.15) is 5.26 Å². The first-order valence-electron chi connectivity index (χ1n) is 10.5. The average molecular weight is 433 g/mol. The number of carbonyl (C=O) groups excluding carboxylic acids is 1. The predicted molar refractivity (Wildman–Crippen MR) is 117 cm³/mol. The molecule has 0 radical (unpaired) electrons. The Kier molecular flexibility index (Phi) is 5.22. The molecule has 3 N–H and O–H groups in total. The topological polar surface area (TPSA) is 124 Å². The van der Waals surface area contributed by atoms with E-state index < -0.39 is 12.4 Å². The summed E-state index contributed by atoms with van der Waals surface area (Å²) < 4.78 is 11.3. The Morgan fingerprint density at radius 1 is 1.34 bits per heavy atom. The number of para-hydroxylation sites is 2. The number of rotatable bonds is 4. The lowest BCUT2D eigenvalue weighted by Crippen LogP contribution is -2.43. The second kappa shape index (κ2) is 8.20. The van der Waals surface area contributed by atoms with Gasteiger partial charge in [-0.05, 0) is 31.5 Å². The number of nitriles is 1. The van der Waals surface area contributed by atoms with Gasteiger partial charge in [0.25, 0.3) is 5.91 Å². The molecule has 0 unspecified atom stereocenters. The summed E-state index contributed by atoms with van der Waals surface area (Å²) in [4.78, 5) is 23.6. The van der Waals surface area contributed by atoms with Crippen LogP contribution in [0.15, 0.2) is 36.3 Å². The number of aromatic nitrogens is 2. The summed E-state index contributed by atoms with van der Waals surface area (Å²) >= 11 is 0. The normalized spacial score (nSPS) is 25.0. The molecule has 3 atom stereocenters. The van der Waals surface area contributed by atoms with Gasteiger partial charge in [0, 0.05) is 25.8 Å². The summed E-state index contributed by atoms with van der Waals surface area (Å²) in [5.41, 5.74) is 3.47. The fraction of sp³-hybridized carbons (Fsp3) is 0.364. The van der Waals surface area contributed by atoms with Crippen LogP contribution in [-0.2, 0) is 14.3 Å². The number of nitrogens with zero attached hydrogens (tertiary/aromatic N) is 4. The number of amides is 1. The van der Waals surface area contributed by atoms with Crippen LogP contribution in [0.5, 0.6) is 0 Å². The van der Waals surface area contributed by atoms with E-state index in [9.17, 15) is 10.1 Å². The molecule has 1 aromatic carbocycles. The predicted octanol–water partition coefficient (Wildman–Crippen LogP) is 1.58. The van der Waals surface area contributed by atoms with Crippen LogP contribution >= 0.6 is 0 Å². The van der Waals surface area contributed by atoms with Crippen LogP contribution in [0.2, 0.25) is 0 Å². The third kappa shape index (κ3) is 3.46. The monoisotopic (exact) mass is 433 g/mol. The quantitative estimate of drug-likeness (QED) is 0.616. The zero-order valence-electron chi connectivity index (χ0n) is 17.8. The van der Waals surface area contributed by atoms with Crippen LogP contribution < -0.4 is 20.9 Å². The van der Waals surface area contributed by atoms with Crippen molar-refractivity contribution in [2.24, 2.45) is 0 Å². The van der Waals surface area contributed by atoms with Crippen LogP contribution in [0.1, 0.15) is 18.2 Å². The van der Waals surface area contributed by atoms with E-state index in [-0.39, 0.29) is 18.0 Å². The van der Waals surface area contributed by atoms with Gasteiger partial charge in [0.1, 0.15) is 23.6 Å². The number of benzene rings is 1. The van der Waals surface area contributed by atoms with Gasteiger partial charge in [-0.1, -0.05) is 12.1 Å². The van der Waals surface area contributed by atoms with E-state index in [0.717, 1.165) is 16.9 Å². The van der Waals surface area contributed by atoms with E-state index in [1.165, 1.54) is 0 Å². The van der Waals surface area contributed by atoms with Gasteiger partial charge in [0.2, 0.25) is 5.95 Å². The zero-order chi connectivity index (χ0) is 22.2. The number of aryl methyl sites for hydroxylation is 1. The number of anilines is 3. The van der Waals surface area contributed by atoms with Gasteiger partial charge in [0.05, 0.1) is 17.1 Å². The maximum atomic E-state index is 12.8. The summed E-state index contributed by atoms with van der Waals surface area (Å²) in [5, 5.41) is 19.3. The van der Waals surface area contributed by atoms with Gasteiger partial charge in [-0.15, -0.1) is 0 Å². The SMILES string of the molecule is CCN1C(=C(C#N)c2nc(NC(=O)[C@@H]3O[C@@H]4CNC[C@H]3O4)ncc2C)Nc2ccccc21. The largest absolute Gasteiger partial charge is 0.343 e. The molecule has 164 valence electrons. The minimum Gasteiger partial charge on any atom is -0.343 e. The first kappa shape index (κ1) is 20.4. The van der Waals surface area contributed by atoms with E-state index in [4.69, 9.17) is 9.47 Å². The molecule has 3 aliphatic rings. The Balaban J connectivity index is 1.45. The standard InChI is InChI=1S/C22H23N7O3/c1-3-29-15-7-5-4-6-14(15)26-20(29)13(8-23)18-12(2)9-25-22(27-18)28-21(30)19-16-10-24-11-17(31-16)32-19/h4-7,9,16-17,19,24,26H,3,10-11H2,1-2H3,(H,25,27,28,30)/t16-,17-,19-/m1/s1. The summed E-state index contributed by atoms with van der Waals surface area (Å²) in [6.45, 7) is 5.62. The fourth-order valence-electron chi connectivity index (χ4n) is 4.19. The van der Waals surface area contributed by atoms with Gasteiger partial charge >= 0.3 is 0 Å². The average Bonchev–Trinajstić information content (AvgIpc) is 3.32. The van der Waals surface area contributed by atoms with E-state index in [1.807, 2.05) is 43.0 Å². The first-order valence-corrected chi connectivity index (χ1v) is 10.5. The first-order chi connectivity index (χ1) is 15.6. The molecule has 10 heteroatoms. The van der Waals surface area contributed by atoms with E-state index in [0.29, 0.717) is 36.7 Å². The van der Waals surface area contributed by atoms with Crippen molar-refractivity contribution in [1.82, 2.24) is 15.3 Å². The highest BCUT2D eigenvalue weighted by Gasteiger charge is 2.43.